The molecule has 1 fully saturated rings. The molecule has 1 heterocycles. The van der Waals surface area contributed by atoms with E-state index in [9.17, 15) is 8.42 Å². The number of hydrogen-bond acceptors (Lipinski definition) is 2. The molecular formula is C9H12N2O2S. The molecule has 76 valence electrons. The second-order valence-corrected chi connectivity index (χ2v) is 4.99. The summed E-state index contributed by atoms with van der Waals surface area (Å²) in [4.78, 5) is 0. The SMILES string of the molecule is Cc1ccc(N2CCNS2(=O)=O)cc1. The molecule has 0 spiro atoms. The van der Waals surface area contributed by atoms with Crippen LogP contribution in [-0.2, 0) is 10.2 Å². The Kier molecular flexibility index (Phi) is 2.20. The van der Waals surface area contributed by atoms with Gasteiger partial charge < -0.3 is 0 Å². The lowest BCUT2D eigenvalue weighted by Crippen LogP contribution is -2.29. The summed E-state index contributed by atoms with van der Waals surface area (Å²) in [6.45, 7) is 2.96. The molecule has 2 rings (SSSR count). The van der Waals surface area contributed by atoms with Gasteiger partial charge in [-0.25, -0.2) is 0 Å². The molecule has 1 saturated heterocycles. The number of aryl methyl sites for hydroxylation is 1. The standard InChI is InChI=1S/C9H12N2O2S/c1-8-2-4-9(5-3-8)11-7-6-10-14(11,12)13/h2-5,10H,6-7H2,1H3. The van der Waals surface area contributed by atoms with Gasteiger partial charge in [-0.2, -0.15) is 13.1 Å². The van der Waals surface area contributed by atoms with Crippen LogP contribution in [0.2, 0.25) is 0 Å². The molecule has 0 atom stereocenters. The Labute approximate surface area is 83.7 Å². The Morgan fingerprint density at radius 1 is 1.29 bits per heavy atom. The molecule has 1 N–H and O–H groups in total. The monoisotopic (exact) mass is 212 g/mol. The highest BCUT2D eigenvalue weighted by Gasteiger charge is 2.27. The first-order valence-electron chi connectivity index (χ1n) is 4.43. The highest BCUT2D eigenvalue weighted by Crippen LogP contribution is 2.19. The smallest absolute Gasteiger partial charge is 0.257 e. The van der Waals surface area contributed by atoms with Gasteiger partial charge in [0, 0.05) is 13.1 Å². The molecule has 1 aromatic rings. The first-order chi connectivity index (χ1) is 6.59. The van der Waals surface area contributed by atoms with Crippen molar-refractivity contribution in [1.82, 2.24) is 4.72 Å². The van der Waals surface area contributed by atoms with Crippen LogP contribution in [0.5, 0.6) is 0 Å². The van der Waals surface area contributed by atoms with Gasteiger partial charge in [-0.05, 0) is 19.1 Å². The Morgan fingerprint density at radius 3 is 2.43 bits per heavy atom. The summed E-state index contributed by atoms with van der Waals surface area (Å²) < 4.78 is 26.8. The van der Waals surface area contributed by atoms with Crippen molar-refractivity contribution in [3.63, 3.8) is 0 Å². The molecule has 5 heteroatoms. The Balaban J connectivity index is 2.36. The van der Waals surface area contributed by atoms with Crippen LogP contribution in [0, 0.1) is 6.92 Å². The van der Waals surface area contributed by atoms with Gasteiger partial charge in [0.05, 0.1) is 5.69 Å². The summed E-state index contributed by atoms with van der Waals surface area (Å²) in [7, 11) is -3.27. The predicted octanol–water partition coefficient (Wildman–Crippen LogP) is 0.649. The highest BCUT2D eigenvalue weighted by atomic mass is 32.2. The number of nitrogens with zero attached hydrogens (tertiary/aromatic N) is 1. The lowest BCUT2D eigenvalue weighted by Gasteiger charge is -2.15. The van der Waals surface area contributed by atoms with Crippen LogP contribution in [0.25, 0.3) is 0 Å². The van der Waals surface area contributed by atoms with Crippen LogP contribution < -0.4 is 9.03 Å². The van der Waals surface area contributed by atoms with E-state index in [4.69, 9.17) is 0 Å². The van der Waals surface area contributed by atoms with Gasteiger partial charge in [0.2, 0.25) is 0 Å². The summed E-state index contributed by atoms with van der Waals surface area (Å²) in [5.41, 5.74) is 1.85. The van der Waals surface area contributed by atoms with Crippen molar-refractivity contribution >= 4 is 15.9 Å². The van der Waals surface area contributed by atoms with E-state index >= 15 is 0 Å². The molecule has 0 unspecified atom stereocenters. The van der Waals surface area contributed by atoms with Gasteiger partial charge in [0.25, 0.3) is 0 Å². The van der Waals surface area contributed by atoms with Crippen LogP contribution >= 0.6 is 0 Å². The van der Waals surface area contributed by atoms with Gasteiger partial charge in [0.1, 0.15) is 0 Å². The minimum atomic E-state index is -3.27. The van der Waals surface area contributed by atoms with E-state index in [-0.39, 0.29) is 0 Å². The minimum absolute atomic E-state index is 0.482. The van der Waals surface area contributed by atoms with Crippen molar-refractivity contribution < 1.29 is 8.42 Å². The lowest BCUT2D eigenvalue weighted by molar-refractivity contribution is 0.591. The summed E-state index contributed by atoms with van der Waals surface area (Å²) in [6.07, 6.45) is 0. The molecule has 1 aromatic carbocycles. The van der Waals surface area contributed by atoms with E-state index in [1.165, 1.54) is 4.31 Å². The Morgan fingerprint density at radius 2 is 1.93 bits per heavy atom. The molecule has 4 nitrogen and oxygen atoms in total. The van der Waals surface area contributed by atoms with Gasteiger partial charge in [-0.3, -0.25) is 4.31 Å². The zero-order valence-electron chi connectivity index (χ0n) is 7.90. The fourth-order valence-corrected chi connectivity index (χ4v) is 2.69. The van der Waals surface area contributed by atoms with Crippen molar-refractivity contribution in [2.75, 3.05) is 17.4 Å². The summed E-state index contributed by atoms with van der Waals surface area (Å²) in [6, 6.07) is 7.45. The second kappa shape index (κ2) is 3.25. The van der Waals surface area contributed by atoms with Gasteiger partial charge in [-0.15, -0.1) is 0 Å². The molecule has 0 amide bonds. The van der Waals surface area contributed by atoms with E-state index < -0.39 is 10.2 Å². The van der Waals surface area contributed by atoms with E-state index in [1.54, 1.807) is 0 Å². The van der Waals surface area contributed by atoms with E-state index in [0.29, 0.717) is 13.1 Å². The predicted molar refractivity (Wildman–Crippen MR) is 55.4 cm³/mol. The van der Waals surface area contributed by atoms with Gasteiger partial charge in [-0.1, -0.05) is 17.7 Å². The molecule has 0 aromatic heterocycles. The molecule has 0 saturated carbocycles. The largest absolute Gasteiger partial charge is 0.301 e. The molecule has 1 aliphatic heterocycles. The zero-order chi connectivity index (χ0) is 10.2. The highest BCUT2D eigenvalue weighted by molar-refractivity contribution is 7.91. The summed E-state index contributed by atoms with van der Waals surface area (Å²) in [5.74, 6) is 0. The number of anilines is 1. The third kappa shape index (κ3) is 1.60. The summed E-state index contributed by atoms with van der Waals surface area (Å²) >= 11 is 0. The fourth-order valence-electron chi connectivity index (χ4n) is 1.45. The average molecular weight is 212 g/mol. The van der Waals surface area contributed by atoms with Gasteiger partial charge in [0.15, 0.2) is 0 Å². The number of benzene rings is 1. The molecule has 0 radical (unpaired) electrons. The summed E-state index contributed by atoms with van der Waals surface area (Å²) in [5, 5.41) is 0. The van der Waals surface area contributed by atoms with E-state index in [1.807, 2.05) is 31.2 Å². The van der Waals surface area contributed by atoms with Crippen molar-refractivity contribution in [2.24, 2.45) is 0 Å². The van der Waals surface area contributed by atoms with Crippen molar-refractivity contribution in [3.8, 4) is 0 Å². The topological polar surface area (TPSA) is 49.4 Å². The number of hydrogen-bond donors (Lipinski definition) is 1. The van der Waals surface area contributed by atoms with E-state index in [0.717, 1.165) is 11.3 Å². The lowest BCUT2D eigenvalue weighted by atomic mass is 10.2. The fraction of sp³-hybridized carbons (Fsp3) is 0.333. The normalized spacial score (nSPS) is 19.9. The van der Waals surface area contributed by atoms with Gasteiger partial charge >= 0.3 is 10.2 Å². The maximum atomic E-state index is 11.5. The van der Waals surface area contributed by atoms with Crippen molar-refractivity contribution in [3.05, 3.63) is 29.8 Å². The Bertz CT molecular complexity index is 425. The van der Waals surface area contributed by atoms with Crippen LogP contribution in [0.3, 0.4) is 0 Å². The quantitative estimate of drug-likeness (QED) is 0.743. The Hall–Kier alpha value is -1.07. The molecule has 14 heavy (non-hydrogen) atoms. The third-order valence-corrected chi connectivity index (χ3v) is 3.75. The number of rotatable bonds is 1. The third-order valence-electron chi connectivity index (χ3n) is 2.21. The first-order valence-corrected chi connectivity index (χ1v) is 5.87. The van der Waals surface area contributed by atoms with Crippen molar-refractivity contribution in [2.45, 2.75) is 6.92 Å². The molecule has 1 aliphatic rings. The van der Waals surface area contributed by atoms with Crippen LogP contribution in [-0.4, -0.2) is 21.5 Å². The van der Waals surface area contributed by atoms with Crippen LogP contribution in [0.1, 0.15) is 5.56 Å². The maximum absolute atomic E-state index is 11.5. The molecule has 0 aliphatic carbocycles. The first kappa shape index (κ1) is 9.48. The molecular weight excluding hydrogens is 200 g/mol. The van der Waals surface area contributed by atoms with E-state index in [2.05, 4.69) is 4.72 Å². The second-order valence-electron chi connectivity index (χ2n) is 3.31. The van der Waals surface area contributed by atoms with Crippen LogP contribution in [0.15, 0.2) is 24.3 Å². The number of nitrogens with one attached hydrogen (secondary N) is 1. The molecule has 0 bridgehead atoms. The zero-order valence-corrected chi connectivity index (χ0v) is 8.71. The van der Waals surface area contributed by atoms with Crippen molar-refractivity contribution in [1.29, 1.82) is 0 Å². The van der Waals surface area contributed by atoms with Crippen LogP contribution in [0.4, 0.5) is 5.69 Å². The average Bonchev–Trinajstić information content (AvgIpc) is 2.47. The minimum Gasteiger partial charge on any atom is -0.257 e. The maximum Gasteiger partial charge on any atom is 0.301 e.